The molecule has 1 aliphatic rings. The molecule has 3 rings (SSSR count). The Labute approximate surface area is 155 Å². The molecule has 1 amide bonds. The number of ether oxygens (including phenoxy) is 1. The molecule has 0 saturated heterocycles. The molecular weight excluding hydrogens is 393 g/mol. The van der Waals surface area contributed by atoms with E-state index in [0.717, 1.165) is 4.88 Å². The molecule has 26 heavy (non-hydrogen) atoms. The van der Waals surface area contributed by atoms with Gasteiger partial charge in [-0.25, -0.2) is 0 Å². The number of amides is 1. The third-order valence-electron chi connectivity index (χ3n) is 3.32. The van der Waals surface area contributed by atoms with Crippen LogP contribution in [0.25, 0.3) is 0 Å². The minimum absolute atomic E-state index is 0.00219. The maximum absolute atomic E-state index is 12.3. The predicted octanol–water partition coefficient (Wildman–Crippen LogP) is 4.47. The van der Waals surface area contributed by atoms with E-state index in [2.05, 4.69) is 15.2 Å². The van der Waals surface area contributed by atoms with Gasteiger partial charge >= 0.3 is 6.18 Å². The van der Waals surface area contributed by atoms with Crippen LogP contribution in [0.2, 0.25) is 4.34 Å². The molecule has 10 heteroatoms. The Bertz CT molecular complexity index is 838. The standard InChI is InChI=1S/C16H12ClF3N2O3S/c17-14-5-4-13(26-14)11-7-12(25-22-11)15(23)21-9-2-1-3-10(6-9)24-8-16(18,19)20/h1-6,12H,7-8H2,(H,21,23). The number of carbonyl (C=O) groups is 1. The summed E-state index contributed by atoms with van der Waals surface area (Å²) in [6, 6.07) is 9.20. The van der Waals surface area contributed by atoms with Crippen LogP contribution in [0, 0.1) is 0 Å². The van der Waals surface area contributed by atoms with Crippen LogP contribution in [0.5, 0.6) is 5.75 Å². The summed E-state index contributed by atoms with van der Waals surface area (Å²) in [6.45, 7) is -1.41. The molecule has 0 saturated carbocycles. The van der Waals surface area contributed by atoms with Crippen LogP contribution in [-0.4, -0.2) is 30.5 Å². The van der Waals surface area contributed by atoms with E-state index in [-0.39, 0.29) is 12.2 Å². The second-order valence-corrected chi connectivity index (χ2v) is 7.08. The Morgan fingerprint density at radius 1 is 1.38 bits per heavy atom. The zero-order valence-corrected chi connectivity index (χ0v) is 14.6. The lowest BCUT2D eigenvalue weighted by Crippen LogP contribution is -2.28. The van der Waals surface area contributed by atoms with Crippen molar-refractivity contribution in [3.63, 3.8) is 0 Å². The number of carbonyl (C=O) groups excluding carboxylic acids is 1. The first-order valence-electron chi connectivity index (χ1n) is 7.39. The summed E-state index contributed by atoms with van der Waals surface area (Å²) in [5.41, 5.74) is 0.912. The van der Waals surface area contributed by atoms with Gasteiger partial charge in [0.2, 0.25) is 6.10 Å². The molecule has 0 fully saturated rings. The predicted molar refractivity (Wildman–Crippen MR) is 92.0 cm³/mol. The van der Waals surface area contributed by atoms with Crippen LogP contribution in [-0.2, 0) is 9.63 Å². The molecule has 2 aromatic rings. The Hall–Kier alpha value is -2.26. The highest BCUT2D eigenvalue weighted by molar-refractivity contribution is 7.18. The van der Waals surface area contributed by atoms with E-state index in [1.165, 1.54) is 35.6 Å². The maximum atomic E-state index is 12.3. The van der Waals surface area contributed by atoms with Gasteiger partial charge in [0.1, 0.15) is 11.5 Å². The van der Waals surface area contributed by atoms with Crippen molar-refractivity contribution in [3.8, 4) is 5.75 Å². The highest BCUT2D eigenvalue weighted by Gasteiger charge is 2.30. The summed E-state index contributed by atoms with van der Waals surface area (Å²) in [4.78, 5) is 18.2. The van der Waals surface area contributed by atoms with Gasteiger partial charge in [0, 0.05) is 18.2 Å². The first-order valence-corrected chi connectivity index (χ1v) is 8.58. The Balaban J connectivity index is 1.57. The second-order valence-electron chi connectivity index (χ2n) is 5.36. The average molecular weight is 405 g/mol. The average Bonchev–Trinajstić information content (AvgIpc) is 3.21. The zero-order chi connectivity index (χ0) is 18.7. The molecule has 1 atom stereocenters. The molecule has 0 aliphatic carbocycles. The van der Waals surface area contributed by atoms with Crippen LogP contribution in [0.3, 0.4) is 0 Å². The monoisotopic (exact) mass is 404 g/mol. The molecule has 0 radical (unpaired) electrons. The van der Waals surface area contributed by atoms with Gasteiger partial charge < -0.3 is 14.9 Å². The van der Waals surface area contributed by atoms with Crippen molar-refractivity contribution < 1.29 is 27.5 Å². The van der Waals surface area contributed by atoms with Gasteiger partial charge in [-0.05, 0) is 24.3 Å². The van der Waals surface area contributed by atoms with E-state index < -0.39 is 24.8 Å². The largest absolute Gasteiger partial charge is 0.484 e. The van der Waals surface area contributed by atoms with Crippen LogP contribution in [0.1, 0.15) is 11.3 Å². The van der Waals surface area contributed by atoms with Gasteiger partial charge in [-0.3, -0.25) is 4.79 Å². The first-order chi connectivity index (χ1) is 12.3. The fourth-order valence-electron chi connectivity index (χ4n) is 2.18. The van der Waals surface area contributed by atoms with Crippen molar-refractivity contribution in [1.82, 2.24) is 0 Å². The molecule has 1 unspecified atom stereocenters. The van der Waals surface area contributed by atoms with Crippen molar-refractivity contribution in [2.75, 3.05) is 11.9 Å². The number of benzene rings is 1. The quantitative estimate of drug-likeness (QED) is 0.799. The summed E-state index contributed by atoms with van der Waals surface area (Å²) in [5, 5.41) is 6.47. The normalized spacial score (nSPS) is 16.8. The Morgan fingerprint density at radius 2 is 2.19 bits per heavy atom. The van der Waals surface area contributed by atoms with E-state index in [1.807, 2.05) is 0 Å². The van der Waals surface area contributed by atoms with E-state index in [9.17, 15) is 18.0 Å². The number of anilines is 1. The summed E-state index contributed by atoms with van der Waals surface area (Å²) in [6.07, 6.45) is -4.99. The minimum atomic E-state index is -4.44. The van der Waals surface area contributed by atoms with E-state index in [4.69, 9.17) is 16.4 Å². The lowest BCUT2D eigenvalue weighted by atomic mass is 10.1. The Kier molecular flexibility index (Phi) is 5.38. The molecule has 1 aliphatic heterocycles. The van der Waals surface area contributed by atoms with Crippen molar-refractivity contribution in [3.05, 3.63) is 45.6 Å². The highest BCUT2D eigenvalue weighted by Crippen LogP contribution is 2.27. The molecule has 0 spiro atoms. The van der Waals surface area contributed by atoms with E-state index >= 15 is 0 Å². The third kappa shape index (κ3) is 4.89. The van der Waals surface area contributed by atoms with Gasteiger partial charge in [-0.2, -0.15) is 13.2 Å². The molecule has 1 aromatic carbocycles. The summed E-state index contributed by atoms with van der Waals surface area (Å²) < 4.78 is 41.9. The number of thiophene rings is 1. The third-order valence-corrected chi connectivity index (χ3v) is 4.60. The van der Waals surface area contributed by atoms with Crippen molar-refractivity contribution in [1.29, 1.82) is 0 Å². The van der Waals surface area contributed by atoms with Gasteiger partial charge in [0.25, 0.3) is 5.91 Å². The SMILES string of the molecule is O=C(Nc1cccc(OCC(F)(F)F)c1)C1CC(c2ccc(Cl)s2)=NO1. The fourth-order valence-corrected chi connectivity index (χ4v) is 3.22. The van der Waals surface area contributed by atoms with Crippen LogP contribution >= 0.6 is 22.9 Å². The summed E-state index contributed by atoms with van der Waals surface area (Å²) in [7, 11) is 0. The number of alkyl halides is 3. The number of halogens is 4. The van der Waals surface area contributed by atoms with Gasteiger partial charge in [0.05, 0.1) is 9.21 Å². The van der Waals surface area contributed by atoms with Crippen LogP contribution in [0.15, 0.2) is 41.6 Å². The fraction of sp³-hybridized carbons (Fsp3) is 0.250. The molecule has 138 valence electrons. The molecule has 5 nitrogen and oxygen atoms in total. The number of rotatable bonds is 5. The topological polar surface area (TPSA) is 59.9 Å². The number of nitrogens with zero attached hydrogens (tertiary/aromatic N) is 1. The van der Waals surface area contributed by atoms with E-state index in [1.54, 1.807) is 12.1 Å². The molecule has 1 aromatic heterocycles. The minimum Gasteiger partial charge on any atom is -0.484 e. The summed E-state index contributed by atoms with van der Waals surface area (Å²) >= 11 is 7.20. The smallest absolute Gasteiger partial charge is 0.422 e. The van der Waals surface area contributed by atoms with Crippen molar-refractivity contribution in [2.24, 2.45) is 5.16 Å². The zero-order valence-electron chi connectivity index (χ0n) is 13.0. The lowest BCUT2D eigenvalue weighted by Gasteiger charge is -2.12. The van der Waals surface area contributed by atoms with Gasteiger partial charge in [0.15, 0.2) is 6.61 Å². The van der Waals surface area contributed by atoms with Gasteiger partial charge in [-0.1, -0.05) is 22.8 Å². The van der Waals surface area contributed by atoms with Crippen LogP contribution in [0.4, 0.5) is 18.9 Å². The molecule has 1 N–H and O–H groups in total. The molecular formula is C16H12ClF3N2O3S. The number of oxime groups is 1. The number of nitrogens with one attached hydrogen (secondary N) is 1. The van der Waals surface area contributed by atoms with Gasteiger partial charge in [-0.15, -0.1) is 11.3 Å². The van der Waals surface area contributed by atoms with Crippen molar-refractivity contribution >= 4 is 40.2 Å². The highest BCUT2D eigenvalue weighted by atomic mass is 35.5. The Morgan fingerprint density at radius 3 is 2.88 bits per heavy atom. The van der Waals surface area contributed by atoms with Crippen LogP contribution < -0.4 is 10.1 Å². The molecule has 2 heterocycles. The number of hydrogen-bond acceptors (Lipinski definition) is 5. The number of hydrogen-bond donors (Lipinski definition) is 1. The van der Waals surface area contributed by atoms with E-state index in [0.29, 0.717) is 15.7 Å². The lowest BCUT2D eigenvalue weighted by molar-refractivity contribution is -0.153. The van der Waals surface area contributed by atoms with Crippen molar-refractivity contribution in [2.45, 2.75) is 18.7 Å². The molecule has 0 bridgehead atoms. The first kappa shape index (κ1) is 18.5. The maximum Gasteiger partial charge on any atom is 0.422 e. The second kappa shape index (κ2) is 7.55. The summed E-state index contributed by atoms with van der Waals surface area (Å²) in [5.74, 6) is -0.461.